The molecule has 0 aliphatic carbocycles. The number of pyridine rings is 2. The van der Waals surface area contributed by atoms with E-state index in [1.54, 1.807) is 50.9 Å². The molecule has 0 saturated carbocycles. The Kier molecular flexibility index (Phi) is 16.1. The highest BCUT2D eigenvalue weighted by Gasteiger charge is 2.49. The van der Waals surface area contributed by atoms with Crippen LogP contribution in [0.15, 0.2) is 54.7 Å². The summed E-state index contributed by atoms with van der Waals surface area (Å²) in [5.41, 5.74) is 1.36. The maximum atomic E-state index is 12.6. The van der Waals surface area contributed by atoms with Gasteiger partial charge in [0.25, 0.3) is 0 Å². The van der Waals surface area contributed by atoms with E-state index in [1.807, 2.05) is 50.8 Å². The zero-order valence-corrected chi connectivity index (χ0v) is 35.7. The van der Waals surface area contributed by atoms with Crippen molar-refractivity contribution in [2.45, 2.75) is 96.6 Å². The molecule has 320 valence electrons. The molecule has 7 heterocycles. The molecule has 58 heavy (non-hydrogen) atoms. The van der Waals surface area contributed by atoms with E-state index in [1.165, 1.54) is 18.8 Å². The minimum Gasteiger partial charge on any atom is -0.515 e. The van der Waals surface area contributed by atoms with Crippen LogP contribution in [0.25, 0.3) is 11.4 Å². The van der Waals surface area contributed by atoms with Crippen LogP contribution in [0, 0.1) is 0 Å². The smallest absolute Gasteiger partial charge is 0.424 e. The number of ketones is 1. The molecule has 0 bridgehead atoms. The summed E-state index contributed by atoms with van der Waals surface area (Å²) in [5, 5.41) is 25.9. The first-order valence-corrected chi connectivity index (χ1v) is 19.0. The fourth-order valence-electron chi connectivity index (χ4n) is 6.67. The number of carbonyl (C=O) groups excluding carboxylic acids is 3. The highest BCUT2D eigenvalue weighted by molar-refractivity contribution is 6.11. The van der Waals surface area contributed by atoms with Crippen molar-refractivity contribution >= 4 is 30.4 Å². The van der Waals surface area contributed by atoms with Gasteiger partial charge in [-0.25, -0.2) is 25.4 Å². The summed E-state index contributed by atoms with van der Waals surface area (Å²) in [5.74, 6) is 6.05. The summed E-state index contributed by atoms with van der Waals surface area (Å²) in [6.45, 7) is 15.4. The minimum absolute atomic E-state index is 0. The lowest BCUT2D eigenvalue weighted by Gasteiger charge is -2.44. The third-order valence-corrected chi connectivity index (χ3v) is 9.20. The van der Waals surface area contributed by atoms with Crippen molar-refractivity contribution < 1.29 is 43.5 Å². The standard InChI is InChI=1S/C18H22N2O5.C14H16N4O.C6H14N2O2.C2H6O.ClH/c1-17(2,3)25-16(23)20-9-6-18(7-10-20)12(11-21)15(22)14-13(24-18)5-4-8-19-14;1-18-13-10(9-17-18)14(4-7-15-8-5-14)19-11-3-2-6-16-12(11)13;1-6(2,3)10-5(9)8(4)7;1-2-3;/h4-5,8,11,21H,6-7,9-10H2,1-3H3;2-3,6,9,15H,4-5,7-8H2,1H3;7H2,1-4H3;3H,2H2,1H3;1H/b12-11+;;;;. The van der Waals surface area contributed by atoms with E-state index in [9.17, 15) is 19.5 Å². The lowest BCUT2D eigenvalue weighted by molar-refractivity contribution is -0.00666. The fraction of sp³-hybridized carbons (Fsp3) is 0.550. The SMILES string of the molecule is CC(C)(C)OC(=O)N1CCC2(CC1)Oc1cccnc1C(=O)/C2=C\O.CCO.CN(N)C(=O)OC(C)(C)C.Cl.Cn1ncc2c1-c1ncccc1OC21CCNCC1. The third-order valence-electron chi connectivity index (χ3n) is 9.20. The van der Waals surface area contributed by atoms with Crippen molar-refractivity contribution in [1.82, 2.24) is 35.0 Å². The van der Waals surface area contributed by atoms with Gasteiger partial charge in [-0.15, -0.1) is 12.4 Å². The Balaban J connectivity index is 0.000000241. The van der Waals surface area contributed by atoms with Gasteiger partial charge in [0.1, 0.15) is 39.6 Å². The van der Waals surface area contributed by atoms with Crippen molar-refractivity contribution in [2.24, 2.45) is 12.9 Å². The number of Topliss-reactive ketones (excluding diaryl/α,β-unsaturated/α-hetero) is 1. The van der Waals surface area contributed by atoms with Crippen molar-refractivity contribution in [3.8, 4) is 22.9 Å². The number of rotatable bonds is 0. The van der Waals surface area contributed by atoms with E-state index in [-0.39, 0.29) is 47.8 Å². The van der Waals surface area contributed by atoms with Gasteiger partial charge in [0.05, 0.1) is 23.7 Å². The van der Waals surface area contributed by atoms with Gasteiger partial charge in [-0.1, -0.05) is 0 Å². The molecule has 3 aromatic heterocycles. The largest absolute Gasteiger partial charge is 0.515 e. The van der Waals surface area contributed by atoms with E-state index in [0.29, 0.717) is 31.7 Å². The van der Waals surface area contributed by atoms with Crippen LogP contribution in [-0.2, 0) is 22.1 Å². The van der Waals surface area contributed by atoms with Crippen LogP contribution in [0.3, 0.4) is 0 Å². The molecule has 2 fully saturated rings. The van der Waals surface area contributed by atoms with Gasteiger partial charge in [-0.3, -0.25) is 14.5 Å². The number of nitrogens with zero attached hydrogens (tertiary/aromatic N) is 6. The van der Waals surface area contributed by atoms with Gasteiger partial charge in [0.2, 0.25) is 5.78 Å². The van der Waals surface area contributed by atoms with Crippen LogP contribution in [0.4, 0.5) is 9.59 Å². The van der Waals surface area contributed by atoms with E-state index >= 15 is 0 Å². The summed E-state index contributed by atoms with van der Waals surface area (Å²) < 4.78 is 24.6. The number of fused-ring (bicyclic) bond motifs is 5. The molecule has 18 heteroatoms. The van der Waals surface area contributed by atoms with Crippen molar-refractivity contribution in [3.05, 3.63) is 65.9 Å². The molecule has 0 atom stereocenters. The number of amides is 2. The van der Waals surface area contributed by atoms with E-state index in [4.69, 9.17) is 29.9 Å². The first-order chi connectivity index (χ1) is 26.8. The zero-order valence-electron chi connectivity index (χ0n) is 34.9. The Morgan fingerprint density at radius 1 is 0.948 bits per heavy atom. The summed E-state index contributed by atoms with van der Waals surface area (Å²) in [7, 11) is 3.41. The molecule has 0 aromatic carbocycles. The first-order valence-electron chi connectivity index (χ1n) is 19.0. The quantitative estimate of drug-likeness (QED) is 0.0727. The highest BCUT2D eigenvalue weighted by Crippen LogP contribution is 2.47. The Morgan fingerprint density at radius 3 is 1.97 bits per heavy atom. The zero-order chi connectivity index (χ0) is 42.2. The van der Waals surface area contributed by atoms with Crippen molar-refractivity contribution in [2.75, 3.05) is 39.8 Å². The number of nitrogens with two attached hydrogens (primary N) is 1. The minimum atomic E-state index is -0.944. The Hall–Kier alpha value is -4.97. The van der Waals surface area contributed by atoms with Gasteiger partial charge in [0, 0.05) is 77.4 Å². The molecule has 0 unspecified atom stereocenters. The monoisotopic (exact) mass is 830 g/mol. The third kappa shape index (κ3) is 11.4. The van der Waals surface area contributed by atoms with Crippen LogP contribution < -0.4 is 20.6 Å². The summed E-state index contributed by atoms with van der Waals surface area (Å²) in [4.78, 5) is 45.7. The molecule has 5 N–H and O–H groups in total. The molecule has 2 saturated heterocycles. The van der Waals surface area contributed by atoms with Crippen molar-refractivity contribution in [1.29, 1.82) is 0 Å². The van der Waals surface area contributed by atoms with Crippen LogP contribution in [0.2, 0.25) is 0 Å². The number of likely N-dealkylation sites (tertiary alicyclic amines) is 1. The number of piperidine rings is 2. The number of carbonyl (C=O) groups is 3. The number of halogens is 1. The van der Waals surface area contributed by atoms with Crippen LogP contribution >= 0.6 is 12.4 Å². The van der Waals surface area contributed by atoms with E-state index in [0.717, 1.165) is 54.3 Å². The number of aryl methyl sites for hydroxylation is 1. The number of hydrogen-bond acceptors (Lipinski definition) is 14. The molecule has 7 rings (SSSR count). The lowest BCUT2D eigenvalue weighted by atomic mass is 9.79. The Labute approximate surface area is 346 Å². The van der Waals surface area contributed by atoms with Gasteiger partial charge >= 0.3 is 12.2 Å². The number of aromatic nitrogens is 4. The lowest BCUT2D eigenvalue weighted by Crippen LogP contribution is -2.54. The average Bonchev–Trinajstić information content (AvgIpc) is 3.54. The number of aliphatic hydroxyl groups is 2. The number of hydrazine groups is 1. The summed E-state index contributed by atoms with van der Waals surface area (Å²) >= 11 is 0. The number of aliphatic hydroxyl groups excluding tert-OH is 2. The predicted octanol–water partition coefficient (Wildman–Crippen LogP) is 5.47. The molecule has 2 amide bonds. The van der Waals surface area contributed by atoms with E-state index < -0.39 is 22.9 Å². The molecule has 0 radical (unpaired) electrons. The van der Waals surface area contributed by atoms with Gasteiger partial charge in [0.15, 0.2) is 5.69 Å². The first kappa shape index (κ1) is 47.4. The van der Waals surface area contributed by atoms with Crippen LogP contribution in [0.1, 0.15) is 90.2 Å². The second-order valence-corrected chi connectivity index (χ2v) is 15.9. The number of nitrogens with one attached hydrogen (secondary N) is 1. The average molecular weight is 831 g/mol. The highest BCUT2D eigenvalue weighted by atomic mass is 35.5. The van der Waals surface area contributed by atoms with Crippen LogP contribution in [0.5, 0.6) is 11.5 Å². The molecule has 3 aromatic rings. The Bertz CT molecular complexity index is 1890. The predicted molar refractivity (Wildman–Crippen MR) is 219 cm³/mol. The van der Waals surface area contributed by atoms with Gasteiger partial charge in [-0.2, -0.15) is 5.10 Å². The normalized spacial score (nSPS) is 17.7. The second-order valence-electron chi connectivity index (χ2n) is 15.9. The second kappa shape index (κ2) is 19.7. The summed E-state index contributed by atoms with van der Waals surface area (Å²) in [6, 6.07) is 7.32. The fourth-order valence-corrected chi connectivity index (χ4v) is 6.67. The molecular weight excluding hydrogens is 772 g/mol. The molecule has 2 spiro atoms. The van der Waals surface area contributed by atoms with Gasteiger partial charge in [-0.05, 0) is 85.8 Å². The Morgan fingerprint density at radius 2 is 1.47 bits per heavy atom. The maximum absolute atomic E-state index is 12.6. The van der Waals surface area contributed by atoms with E-state index in [2.05, 4.69) is 20.4 Å². The molecule has 4 aliphatic rings. The van der Waals surface area contributed by atoms with Crippen LogP contribution in [-0.4, -0.2) is 114 Å². The number of ether oxygens (including phenoxy) is 4. The topological polar surface area (TPSA) is 217 Å². The molecular formula is C40H59ClN8O9. The number of hydrogen-bond donors (Lipinski definition) is 4. The molecule has 4 aliphatic heterocycles. The van der Waals surface area contributed by atoms with Gasteiger partial charge < -0.3 is 39.4 Å². The molecule has 17 nitrogen and oxygen atoms in total. The maximum Gasteiger partial charge on any atom is 0.424 e. The van der Waals surface area contributed by atoms with Crippen molar-refractivity contribution in [3.63, 3.8) is 0 Å². The summed E-state index contributed by atoms with van der Waals surface area (Å²) in [6.07, 6.45) is 7.88.